The number of carbonyl (C=O) groups is 1. The molecule has 2 aliphatic rings. The van der Waals surface area contributed by atoms with E-state index in [9.17, 15) is 13.2 Å². The van der Waals surface area contributed by atoms with Gasteiger partial charge < -0.3 is 5.32 Å². The first-order valence-corrected chi connectivity index (χ1v) is 14.4. The first kappa shape index (κ1) is 24.4. The maximum absolute atomic E-state index is 13.0. The molecule has 33 heavy (non-hydrogen) atoms. The number of carbonyl (C=O) groups excluding carboxylic acids is 1. The van der Waals surface area contributed by atoms with Crippen LogP contribution < -0.4 is 5.32 Å². The summed E-state index contributed by atoms with van der Waals surface area (Å²) in [4.78, 5) is 13.0. The summed E-state index contributed by atoms with van der Waals surface area (Å²) in [6, 6.07) is 14.1. The lowest BCUT2D eigenvalue weighted by Crippen LogP contribution is -2.44. The van der Waals surface area contributed by atoms with Gasteiger partial charge in [-0.25, -0.2) is 12.7 Å². The summed E-state index contributed by atoms with van der Waals surface area (Å²) in [6.45, 7) is 2.88. The van der Waals surface area contributed by atoms with Crippen molar-refractivity contribution in [1.29, 1.82) is 0 Å². The Kier molecular flexibility index (Phi) is 7.92. The molecule has 0 bridgehead atoms. The lowest BCUT2D eigenvalue weighted by Gasteiger charge is -2.31. The Bertz CT molecular complexity index is 1090. The number of hydrogen-bond acceptors (Lipinski definition) is 3. The van der Waals surface area contributed by atoms with E-state index in [2.05, 4.69) is 46.4 Å². The average molecular weight is 534 g/mol. The molecule has 1 aliphatic carbocycles. The van der Waals surface area contributed by atoms with E-state index in [-0.39, 0.29) is 23.6 Å². The van der Waals surface area contributed by atoms with Crippen molar-refractivity contribution in [3.8, 4) is 0 Å². The molecule has 5 nitrogen and oxygen atoms in total. The second-order valence-corrected chi connectivity index (χ2v) is 12.1. The normalized spacial score (nSPS) is 18.5. The zero-order valence-electron chi connectivity index (χ0n) is 19.2. The molecule has 4 rings (SSSR count). The molecule has 0 saturated carbocycles. The van der Waals surface area contributed by atoms with Crippen LogP contribution in [-0.4, -0.2) is 31.7 Å². The van der Waals surface area contributed by atoms with Crippen LogP contribution >= 0.6 is 15.9 Å². The Morgan fingerprint density at radius 3 is 2.52 bits per heavy atom. The van der Waals surface area contributed by atoms with E-state index in [0.29, 0.717) is 25.9 Å². The third kappa shape index (κ3) is 6.06. The number of aryl methyl sites for hydroxylation is 2. The van der Waals surface area contributed by atoms with Crippen LogP contribution in [0.15, 0.2) is 46.9 Å². The Balaban J connectivity index is 1.34. The molecule has 0 unspecified atom stereocenters. The Morgan fingerprint density at radius 2 is 1.82 bits per heavy atom. The predicted octanol–water partition coefficient (Wildman–Crippen LogP) is 5.14. The second kappa shape index (κ2) is 10.7. The second-order valence-electron chi connectivity index (χ2n) is 9.26. The highest BCUT2D eigenvalue weighted by atomic mass is 79.9. The average Bonchev–Trinajstić information content (AvgIpc) is 2.82. The van der Waals surface area contributed by atoms with E-state index < -0.39 is 10.0 Å². The minimum Gasteiger partial charge on any atom is -0.349 e. The van der Waals surface area contributed by atoms with E-state index in [1.807, 2.05) is 24.3 Å². The van der Waals surface area contributed by atoms with E-state index >= 15 is 0 Å². The molecule has 1 aliphatic heterocycles. The van der Waals surface area contributed by atoms with Gasteiger partial charge in [0.2, 0.25) is 15.9 Å². The summed E-state index contributed by atoms with van der Waals surface area (Å²) in [5.41, 5.74) is 4.82. The van der Waals surface area contributed by atoms with Gasteiger partial charge in [-0.05, 0) is 79.3 Å². The number of amides is 1. The van der Waals surface area contributed by atoms with Crippen LogP contribution in [0.4, 0.5) is 0 Å². The largest absolute Gasteiger partial charge is 0.349 e. The molecule has 1 atom stereocenters. The maximum atomic E-state index is 13.0. The fraction of sp³-hybridized carbons (Fsp3) is 0.500. The lowest BCUT2D eigenvalue weighted by atomic mass is 9.88. The molecule has 1 saturated heterocycles. The Hall–Kier alpha value is -1.70. The highest BCUT2D eigenvalue weighted by molar-refractivity contribution is 9.10. The summed E-state index contributed by atoms with van der Waals surface area (Å²) in [6.07, 6.45) is 6.74. The van der Waals surface area contributed by atoms with Crippen molar-refractivity contribution in [1.82, 2.24) is 9.62 Å². The number of nitrogens with zero attached hydrogens (tertiary/aromatic N) is 1. The fourth-order valence-corrected chi connectivity index (χ4v) is 7.00. The molecular formula is C26H33BrN2O3S. The Morgan fingerprint density at radius 1 is 1.09 bits per heavy atom. The molecule has 1 amide bonds. The van der Waals surface area contributed by atoms with Gasteiger partial charge in [-0.1, -0.05) is 53.2 Å². The van der Waals surface area contributed by atoms with Gasteiger partial charge in [0.15, 0.2) is 0 Å². The molecule has 0 aromatic heterocycles. The third-order valence-corrected chi connectivity index (χ3v) is 9.30. The highest BCUT2D eigenvalue weighted by Crippen LogP contribution is 2.28. The van der Waals surface area contributed by atoms with Gasteiger partial charge in [0, 0.05) is 23.5 Å². The quantitative estimate of drug-likeness (QED) is 0.536. The van der Waals surface area contributed by atoms with Crippen molar-refractivity contribution in [2.24, 2.45) is 5.92 Å². The summed E-state index contributed by atoms with van der Waals surface area (Å²) < 4.78 is 28.2. The van der Waals surface area contributed by atoms with E-state index in [1.165, 1.54) is 29.5 Å². The lowest BCUT2D eigenvalue weighted by molar-refractivity contribution is -0.126. The summed E-state index contributed by atoms with van der Waals surface area (Å²) in [5, 5.41) is 3.25. The standard InChI is InChI=1S/C26H33BrN2O3S/c1-2-25(23-11-10-20-7-3-4-8-22(20)17-23)28-26(30)21-12-14-29(15-13-21)33(31,32)18-19-6-5-9-24(27)16-19/h5-6,9-11,16-17,21,25H,2-4,7-8,12-15,18H2,1H3,(H,28,30)/t25-/m0/s1. The van der Waals surface area contributed by atoms with Gasteiger partial charge in [-0.2, -0.15) is 0 Å². The molecule has 1 N–H and O–H groups in total. The number of rotatable bonds is 7. The van der Waals surface area contributed by atoms with Gasteiger partial charge in [-0.3, -0.25) is 4.79 Å². The van der Waals surface area contributed by atoms with Crippen molar-refractivity contribution in [3.63, 3.8) is 0 Å². The van der Waals surface area contributed by atoms with Gasteiger partial charge in [0.25, 0.3) is 0 Å². The predicted molar refractivity (Wildman–Crippen MR) is 135 cm³/mol. The monoisotopic (exact) mass is 532 g/mol. The van der Waals surface area contributed by atoms with Crippen LogP contribution in [0.2, 0.25) is 0 Å². The minimum absolute atomic E-state index is 0.00279. The summed E-state index contributed by atoms with van der Waals surface area (Å²) in [5.74, 6) is -0.114. The van der Waals surface area contributed by atoms with Gasteiger partial charge >= 0.3 is 0 Å². The molecule has 0 spiro atoms. The summed E-state index contributed by atoms with van der Waals surface area (Å²) in [7, 11) is -3.40. The summed E-state index contributed by atoms with van der Waals surface area (Å²) >= 11 is 3.40. The third-order valence-electron chi connectivity index (χ3n) is 6.96. The van der Waals surface area contributed by atoms with Crippen molar-refractivity contribution >= 4 is 31.9 Å². The van der Waals surface area contributed by atoms with Crippen molar-refractivity contribution in [3.05, 3.63) is 69.2 Å². The first-order chi connectivity index (χ1) is 15.9. The van der Waals surface area contributed by atoms with E-state index in [4.69, 9.17) is 0 Å². The molecule has 2 aromatic carbocycles. The maximum Gasteiger partial charge on any atom is 0.223 e. The molecule has 1 fully saturated rings. The number of sulfonamides is 1. The molecule has 1 heterocycles. The minimum atomic E-state index is -3.40. The molecule has 7 heteroatoms. The Labute approximate surface area is 206 Å². The van der Waals surface area contributed by atoms with Crippen molar-refractivity contribution in [2.45, 2.75) is 63.7 Å². The number of fused-ring (bicyclic) bond motifs is 1. The smallest absolute Gasteiger partial charge is 0.223 e. The van der Waals surface area contributed by atoms with E-state index in [1.54, 1.807) is 4.31 Å². The van der Waals surface area contributed by atoms with Crippen LogP contribution in [0.3, 0.4) is 0 Å². The number of piperidine rings is 1. The number of hydrogen-bond donors (Lipinski definition) is 1. The molecule has 178 valence electrons. The zero-order valence-corrected chi connectivity index (χ0v) is 21.6. The number of halogens is 1. The van der Waals surface area contributed by atoms with Crippen LogP contribution in [0.1, 0.15) is 67.3 Å². The topological polar surface area (TPSA) is 66.5 Å². The van der Waals surface area contributed by atoms with E-state index in [0.717, 1.165) is 29.3 Å². The van der Waals surface area contributed by atoms with Crippen LogP contribution in [-0.2, 0) is 33.4 Å². The van der Waals surface area contributed by atoms with Crippen LogP contribution in [0.5, 0.6) is 0 Å². The molecular weight excluding hydrogens is 500 g/mol. The number of benzene rings is 2. The SMILES string of the molecule is CC[C@H](NC(=O)C1CCN(S(=O)(=O)Cc2cccc(Br)c2)CC1)c1ccc2c(c1)CCCC2. The van der Waals surface area contributed by atoms with Gasteiger partial charge in [0.05, 0.1) is 11.8 Å². The molecule has 2 aromatic rings. The number of nitrogens with one attached hydrogen (secondary N) is 1. The van der Waals surface area contributed by atoms with Crippen molar-refractivity contribution < 1.29 is 13.2 Å². The van der Waals surface area contributed by atoms with Crippen molar-refractivity contribution in [2.75, 3.05) is 13.1 Å². The zero-order chi connectivity index (χ0) is 23.4. The fourth-order valence-electron chi connectivity index (χ4n) is 5.01. The van der Waals surface area contributed by atoms with Gasteiger partial charge in [-0.15, -0.1) is 0 Å². The highest BCUT2D eigenvalue weighted by Gasteiger charge is 2.32. The molecule has 0 radical (unpaired) electrons. The van der Waals surface area contributed by atoms with Crippen LogP contribution in [0.25, 0.3) is 0 Å². The first-order valence-electron chi connectivity index (χ1n) is 12.0. The van der Waals surface area contributed by atoms with Crippen LogP contribution in [0, 0.1) is 5.92 Å². The van der Waals surface area contributed by atoms with Gasteiger partial charge in [0.1, 0.15) is 0 Å².